The molecule has 3 aromatic carbocycles. The van der Waals surface area contributed by atoms with Gasteiger partial charge in [0.05, 0.1) is 17.9 Å². The van der Waals surface area contributed by atoms with E-state index in [1.807, 2.05) is 87.5 Å². The van der Waals surface area contributed by atoms with E-state index in [4.69, 9.17) is 4.74 Å². The number of nitrogens with one attached hydrogen (secondary N) is 1. The number of imide groups is 1. The molecule has 0 unspecified atom stereocenters. The van der Waals surface area contributed by atoms with E-state index in [1.165, 1.54) is 4.90 Å². The minimum atomic E-state index is -0.373. The molecule has 1 aliphatic heterocycles. The Kier molecular flexibility index (Phi) is 7.06. The van der Waals surface area contributed by atoms with Crippen molar-refractivity contribution >= 4 is 28.8 Å². The molecule has 1 aliphatic rings. The Labute approximate surface area is 207 Å². The number of ether oxygens (including phenoxy) is 1. The highest BCUT2D eigenvalue weighted by Crippen LogP contribution is 2.36. The molecule has 0 bridgehead atoms. The van der Waals surface area contributed by atoms with Crippen LogP contribution in [-0.2, 0) is 9.59 Å². The molecule has 0 fully saturated rings. The van der Waals surface area contributed by atoms with Gasteiger partial charge in [0.1, 0.15) is 11.4 Å². The van der Waals surface area contributed by atoms with Crippen LogP contribution in [0.5, 0.6) is 5.75 Å². The topological polar surface area (TPSA) is 58.6 Å². The molecule has 0 radical (unpaired) electrons. The average molecular weight is 469 g/mol. The monoisotopic (exact) mass is 468 g/mol. The highest BCUT2D eigenvalue weighted by molar-refractivity contribution is 6.46. The Morgan fingerprint density at radius 3 is 2.31 bits per heavy atom. The van der Waals surface area contributed by atoms with E-state index in [2.05, 4.69) is 19.2 Å². The van der Waals surface area contributed by atoms with Crippen molar-refractivity contribution < 1.29 is 14.3 Å². The summed E-state index contributed by atoms with van der Waals surface area (Å²) < 4.78 is 5.75. The number of hydrogen-bond acceptors (Lipinski definition) is 4. The summed E-state index contributed by atoms with van der Waals surface area (Å²) in [5.74, 6) is 0.364. The van der Waals surface area contributed by atoms with Crippen molar-refractivity contribution in [2.24, 2.45) is 0 Å². The first-order valence-electron chi connectivity index (χ1n) is 12.1. The number of carbonyl (C=O) groups is 2. The average Bonchev–Trinajstić information content (AvgIpc) is 3.07. The summed E-state index contributed by atoms with van der Waals surface area (Å²) in [7, 11) is 0. The number of benzene rings is 3. The summed E-state index contributed by atoms with van der Waals surface area (Å²) in [5, 5.41) is 3.25. The second kappa shape index (κ2) is 10.2. The first kappa shape index (κ1) is 24.3. The van der Waals surface area contributed by atoms with Crippen molar-refractivity contribution in [2.45, 2.75) is 47.0 Å². The maximum atomic E-state index is 13.8. The zero-order valence-electron chi connectivity index (χ0n) is 21.0. The van der Waals surface area contributed by atoms with Gasteiger partial charge < -0.3 is 10.1 Å². The molecule has 0 saturated heterocycles. The zero-order chi connectivity index (χ0) is 25.1. The summed E-state index contributed by atoms with van der Waals surface area (Å²) in [4.78, 5) is 28.7. The third kappa shape index (κ3) is 4.99. The van der Waals surface area contributed by atoms with Crippen LogP contribution in [0.3, 0.4) is 0 Å². The first-order chi connectivity index (χ1) is 16.8. The summed E-state index contributed by atoms with van der Waals surface area (Å²) >= 11 is 0. The van der Waals surface area contributed by atoms with Crippen molar-refractivity contribution in [3.8, 4) is 5.75 Å². The van der Waals surface area contributed by atoms with Crippen LogP contribution in [0.15, 0.2) is 72.4 Å². The maximum Gasteiger partial charge on any atom is 0.282 e. The molecular weight excluding hydrogens is 436 g/mol. The Bertz CT molecular complexity index is 1290. The fourth-order valence-corrected chi connectivity index (χ4v) is 4.26. The molecular formula is C30H32N2O3. The predicted octanol–water partition coefficient (Wildman–Crippen LogP) is 6.61. The molecule has 0 aliphatic carbocycles. The number of nitrogens with zero attached hydrogens (tertiary/aromatic N) is 1. The summed E-state index contributed by atoms with van der Waals surface area (Å²) in [6.07, 6.45) is 0.900. The van der Waals surface area contributed by atoms with Crippen LogP contribution in [0.1, 0.15) is 55.4 Å². The smallest absolute Gasteiger partial charge is 0.282 e. The lowest BCUT2D eigenvalue weighted by atomic mass is 9.97. The van der Waals surface area contributed by atoms with Gasteiger partial charge in [-0.1, -0.05) is 62.7 Å². The van der Waals surface area contributed by atoms with Crippen molar-refractivity contribution in [3.05, 3.63) is 94.7 Å². The first-order valence-corrected chi connectivity index (χ1v) is 12.1. The number of carbonyl (C=O) groups excluding carboxylic acids is 2. The molecule has 180 valence electrons. The van der Waals surface area contributed by atoms with Crippen LogP contribution >= 0.6 is 0 Å². The third-order valence-electron chi connectivity index (χ3n) is 6.13. The van der Waals surface area contributed by atoms with E-state index >= 15 is 0 Å². The number of anilines is 2. The van der Waals surface area contributed by atoms with Gasteiger partial charge in [-0.15, -0.1) is 0 Å². The second-order valence-corrected chi connectivity index (χ2v) is 9.26. The molecule has 0 aromatic heterocycles. The molecule has 35 heavy (non-hydrogen) atoms. The molecule has 0 atom stereocenters. The lowest BCUT2D eigenvalue weighted by Crippen LogP contribution is -2.32. The molecule has 0 saturated carbocycles. The fourth-order valence-electron chi connectivity index (χ4n) is 4.26. The van der Waals surface area contributed by atoms with E-state index in [0.717, 1.165) is 28.7 Å². The largest absolute Gasteiger partial charge is 0.494 e. The molecule has 1 heterocycles. The van der Waals surface area contributed by atoms with E-state index in [-0.39, 0.29) is 17.5 Å². The van der Waals surface area contributed by atoms with Gasteiger partial charge in [0.15, 0.2) is 0 Å². The molecule has 5 heteroatoms. The van der Waals surface area contributed by atoms with Crippen LogP contribution in [0.4, 0.5) is 11.4 Å². The van der Waals surface area contributed by atoms with Crippen molar-refractivity contribution in [1.82, 2.24) is 0 Å². The van der Waals surface area contributed by atoms with Crippen molar-refractivity contribution in [1.29, 1.82) is 0 Å². The standard InChI is InChI=1S/C30H32N2O3/c1-6-16-35-25-9-7-8-23(18-25)31-28-27(26-15-10-20(4)17-21(26)5)29(33)32(30(28)34)24-13-11-22(12-14-24)19(2)3/h7-15,17-19,31H,6,16H2,1-5H3. The lowest BCUT2D eigenvalue weighted by Gasteiger charge is -2.17. The summed E-state index contributed by atoms with van der Waals surface area (Å²) in [6.45, 7) is 10.9. The van der Waals surface area contributed by atoms with Crippen LogP contribution in [-0.4, -0.2) is 18.4 Å². The highest BCUT2D eigenvalue weighted by Gasteiger charge is 2.40. The van der Waals surface area contributed by atoms with Gasteiger partial charge in [0.2, 0.25) is 0 Å². The molecule has 2 amide bonds. The summed E-state index contributed by atoms with van der Waals surface area (Å²) in [6, 6.07) is 21.0. The Hall–Kier alpha value is -3.86. The molecule has 5 nitrogen and oxygen atoms in total. The van der Waals surface area contributed by atoms with Gasteiger partial charge in [-0.25, -0.2) is 4.90 Å². The van der Waals surface area contributed by atoms with Gasteiger partial charge in [-0.05, 0) is 67.1 Å². The fraction of sp³-hybridized carbons (Fsp3) is 0.267. The van der Waals surface area contributed by atoms with Crippen LogP contribution in [0.25, 0.3) is 5.57 Å². The highest BCUT2D eigenvalue weighted by atomic mass is 16.5. The Balaban J connectivity index is 1.77. The van der Waals surface area contributed by atoms with Crippen LogP contribution in [0.2, 0.25) is 0 Å². The van der Waals surface area contributed by atoms with E-state index < -0.39 is 0 Å². The van der Waals surface area contributed by atoms with E-state index in [1.54, 1.807) is 0 Å². The van der Waals surface area contributed by atoms with Crippen LogP contribution < -0.4 is 15.0 Å². The van der Waals surface area contributed by atoms with E-state index in [0.29, 0.717) is 35.2 Å². The zero-order valence-corrected chi connectivity index (χ0v) is 21.0. The normalized spacial score (nSPS) is 13.7. The number of hydrogen-bond donors (Lipinski definition) is 1. The molecule has 4 rings (SSSR count). The van der Waals surface area contributed by atoms with Gasteiger partial charge in [-0.2, -0.15) is 0 Å². The van der Waals surface area contributed by atoms with Crippen molar-refractivity contribution in [2.75, 3.05) is 16.8 Å². The van der Waals surface area contributed by atoms with Gasteiger partial charge in [0, 0.05) is 11.8 Å². The maximum absolute atomic E-state index is 13.8. The van der Waals surface area contributed by atoms with Gasteiger partial charge in [-0.3, -0.25) is 9.59 Å². The Morgan fingerprint density at radius 1 is 0.914 bits per heavy atom. The SMILES string of the molecule is CCCOc1cccc(NC2=C(c3ccc(C)cc3C)C(=O)N(c3ccc(C(C)C)cc3)C2=O)c1. The van der Waals surface area contributed by atoms with E-state index in [9.17, 15) is 9.59 Å². The summed E-state index contributed by atoms with van der Waals surface area (Å²) in [5.41, 5.74) is 5.83. The second-order valence-electron chi connectivity index (χ2n) is 9.26. The minimum absolute atomic E-state index is 0.266. The third-order valence-corrected chi connectivity index (χ3v) is 6.13. The molecule has 0 spiro atoms. The number of amides is 2. The minimum Gasteiger partial charge on any atom is -0.494 e. The molecule has 3 aromatic rings. The lowest BCUT2D eigenvalue weighted by molar-refractivity contribution is -0.120. The van der Waals surface area contributed by atoms with Gasteiger partial charge in [0.25, 0.3) is 11.8 Å². The molecule has 1 N–H and O–H groups in total. The van der Waals surface area contributed by atoms with Gasteiger partial charge >= 0.3 is 0 Å². The quantitative estimate of drug-likeness (QED) is 0.378. The van der Waals surface area contributed by atoms with Crippen LogP contribution in [0, 0.1) is 13.8 Å². The number of aryl methyl sites for hydroxylation is 2. The number of rotatable bonds is 8. The van der Waals surface area contributed by atoms with Crippen molar-refractivity contribution in [3.63, 3.8) is 0 Å². The predicted molar refractivity (Wildman–Crippen MR) is 142 cm³/mol. The Morgan fingerprint density at radius 2 is 1.66 bits per heavy atom.